The van der Waals surface area contributed by atoms with Crippen LogP contribution in [0.15, 0.2) is 11.9 Å². The number of piperidine rings is 2. The maximum atomic E-state index is 2.59. The third-order valence-corrected chi connectivity index (χ3v) is 3.62. The number of hydrogen-bond donors (Lipinski definition) is 0. The summed E-state index contributed by atoms with van der Waals surface area (Å²) in [5.74, 6) is 1.51. The van der Waals surface area contributed by atoms with Crippen molar-refractivity contribution in [3.63, 3.8) is 0 Å². The Morgan fingerprint density at radius 2 is 1.13 bits per heavy atom. The van der Waals surface area contributed by atoms with Crippen LogP contribution in [0.3, 0.4) is 0 Å². The highest BCUT2D eigenvalue weighted by Crippen LogP contribution is 2.21. The van der Waals surface area contributed by atoms with E-state index in [9.17, 15) is 0 Å². The van der Waals surface area contributed by atoms with Gasteiger partial charge in [-0.3, -0.25) is 0 Å². The lowest BCUT2D eigenvalue weighted by atomic mass is 10.1. The molecule has 0 aromatic rings. The topological polar surface area (TPSA) is 6.48 Å². The Morgan fingerprint density at radius 3 is 1.47 bits per heavy atom. The predicted octanol–water partition coefficient (Wildman–Crippen LogP) is 2.82. The van der Waals surface area contributed by atoms with Crippen LogP contribution in [0.5, 0.6) is 0 Å². The summed E-state index contributed by atoms with van der Waals surface area (Å²) >= 11 is 0. The largest absolute Gasteiger partial charge is 0.359 e. The molecule has 0 aromatic carbocycles. The summed E-state index contributed by atoms with van der Waals surface area (Å²) < 4.78 is 0. The highest BCUT2D eigenvalue weighted by molar-refractivity contribution is 5.01. The van der Waals surface area contributed by atoms with Crippen molar-refractivity contribution >= 4 is 0 Å². The van der Waals surface area contributed by atoms with E-state index in [-0.39, 0.29) is 0 Å². The molecule has 0 spiro atoms. The van der Waals surface area contributed by atoms with Gasteiger partial charge in [-0.15, -0.1) is 0 Å². The van der Waals surface area contributed by atoms with Crippen LogP contribution in [0, 0.1) is 0 Å². The Labute approximate surface area is 93.9 Å². The molecule has 86 valence electrons. The van der Waals surface area contributed by atoms with Gasteiger partial charge in [0.25, 0.3) is 0 Å². The van der Waals surface area contributed by atoms with Crippen LogP contribution in [-0.2, 0) is 0 Å². The minimum absolute atomic E-state index is 1.27. The summed E-state index contributed by atoms with van der Waals surface area (Å²) in [5.41, 5.74) is 0. The van der Waals surface area contributed by atoms with E-state index < -0.39 is 0 Å². The molecule has 0 saturated carbocycles. The van der Waals surface area contributed by atoms with E-state index in [1.807, 2.05) is 0 Å². The summed E-state index contributed by atoms with van der Waals surface area (Å²) in [6.45, 7) is 7.29. The van der Waals surface area contributed by atoms with E-state index in [1.165, 1.54) is 70.5 Å². The molecule has 2 fully saturated rings. The molecule has 2 saturated heterocycles. The van der Waals surface area contributed by atoms with Gasteiger partial charge >= 0.3 is 0 Å². The SMILES string of the molecule is CC=C(N1CCCCC1)N1CCCCC1. The van der Waals surface area contributed by atoms with Gasteiger partial charge in [0.1, 0.15) is 0 Å². The van der Waals surface area contributed by atoms with E-state index in [2.05, 4.69) is 22.8 Å². The zero-order valence-corrected chi connectivity index (χ0v) is 10.0. The highest BCUT2D eigenvalue weighted by atomic mass is 15.3. The average molecular weight is 208 g/mol. The number of rotatable bonds is 2. The molecule has 2 rings (SSSR count). The quantitative estimate of drug-likeness (QED) is 0.688. The van der Waals surface area contributed by atoms with Crippen LogP contribution < -0.4 is 0 Å². The van der Waals surface area contributed by atoms with E-state index in [0.29, 0.717) is 0 Å². The zero-order chi connectivity index (χ0) is 10.5. The van der Waals surface area contributed by atoms with Crippen LogP contribution in [0.1, 0.15) is 45.4 Å². The lowest BCUT2D eigenvalue weighted by Gasteiger charge is -2.39. The molecular formula is C13H24N2. The smallest absolute Gasteiger partial charge is 0.0995 e. The van der Waals surface area contributed by atoms with Gasteiger partial charge in [0.2, 0.25) is 0 Å². The van der Waals surface area contributed by atoms with Crippen molar-refractivity contribution in [2.75, 3.05) is 26.2 Å². The van der Waals surface area contributed by atoms with Gasteiger partial charge in [-0.2, -0.15) is 0 Å². The summed E-state index contributed by atoms with van der Waals surface area (Å²) in [6, 6.07) is 0. The second-order valence-corrected chi connectivity index (χ2v) is 4.74. The molecule has 0 bridgehead atoms. The third-order valence-electron chi connectivity index (χ3n) is 3.62. The molecule has 0 aliphatic carbocycles. The van der Waals surface area contributed by atoms with Gasteiger partial charge in [-0.05, 0) is 51.5 Å². The number of nitrogens with zero attached hydrogens (tertiary/aromatic N) is 2. The minimum Gasteiger partial charge on any atom is -0.359 e. The Kier molecular flexibility index (Phi) is 3.93. The third kappa shape index (κ3) is 2.67. The monoisotopic (exact) mass is 208 g/mol. The molecule has 0 atom stereocenters. The first-order valence-corrected chi connectivity index (χ1v) is 6.58. The van der Waals surface area contributed by atoms with Gasteiger partial charge in [-0.1, -0.05) is 0 Å². The van der Waals surface area contributed by atoms with Gasteiger partial charge < -0.3 is 9.80 Å². The fourth-order valence-corrected chi connectivity index (χ4v) is 2.81. The summed E-state index contributed by atoms with van der Waals surface area (Å²) in [5, 5.41) is 0. The average Bonchev–Trinajstić information content (AvgIpc) is 2.33. The van der Waals surface area contributed by atoms with Crippen molar-refractivity contribution in [1.29, 1.82) is 0 Å². The molecule has 0 aromatic heterocycles. The molecule has 15 heavy (non-hydrogen) atoms. The summed E-state index contributed by atoms with van der Waals surface area (Å²) in [4.78, 5) is 5.18. The van der Waals surface area contributed by atoms with Crippen LogP contribution >= 0.6 is 0 Å². The highest BCUT2D eigenvalue weighted by Gasteiger charge is 2.19. The van der Waals surface area contributed by atoms with Crippen LogP contribution in [0.2, 0.25) is 0 Å². The first-order chi connectivity index (χ1) is 7.42. The molecule has 2 nitrogen and oxygen atoms in total. The molecule has 0 radical (unpaired) electrons. The van der Waals surface area contributed by atoms with Gasteiger partial charge in [0.05, 0.1) is 5.82 Å². The van der Waals surface area contributed by atoms with Crippen molar-refractivity contribution in [3.05, 3.63) is 11.9 Å². The Hall–Kier alpha value is -0.660. The standard InChI is InChI=1S/C13H24N2/c1-2-13(14-9-5-3-6-10-14)15-11-7-4-8-12-15/h2H,3-12H2,1H3. The first-order valence-electron chi connectivity index (χ1n) is 6.58. The molecule has 2 aliphatic heterocycles. The van der Waals surface area contributed by atoms with Gasteiger partial charge in [-0.25, -0.2) is 0 Å². The lowest BCUT2D eigenvalue weighted by molar-refractivity contribution is 0.166. The molecule has 2 aliphatic rings. The van der Waals surface area contributed by atoms with Crippen molar-refractivity contribution in [1.82, 2.24) is 9.80 Å². The Bertz CT molecular complexity index is 191. The van der Waals surface area contributed by atoms with Gasteiger partial charge in [0, 0.05) is 26.2 Å². The Balaban J connectivity index is 1.95. The molecule has 0 unspecified atom stereocenters. The molecular weight excluding hydrogens is 184 g/mol. The van der Waals surface area contributed by atoms with E-state index in [1.54, 1.807) is 0 Å². The van der Waals surface area contributed by atoms with Crippen molar-refractivity contribution < 1.29 is 0 Å². The number of likely N-dealkylation sites (tertiary alicyclic amines) is 2. The van der Waals surface area contributed by atoms with Gasteiger partial charge in [0.15, 0.2) is 0 Å². The van der Waals surface area contributed by atoms with Crippen molar-refractivity contribution in [2.45, 2.75) is 45.4 Å². The Morgan fingerprint density at radius 1 is 0.733 bits per heavy atom. The van der Waals surface area contributed by atoms with Crippen LogP contribution in [0.4, 0.5) is 0 Å². The normalized spacial score (nSPS) is 22.7. The van der Waals surface area contributed by atoms with Crippen LogP contribution in [0.25, 0.3) is 0 Å². The molecule has 2 heterocycles. The van der Waals surface area contributed by atoms with E-state index in [4.69, 9.17) is 0 Å². The van der Waals surface area contributed by atoms with E-state index >= 15 is 0 Å². The van der Waals surface area contributed by atoms with Crippen LogP contribution in [-0.4, -0.2) is 36.0 Å². The second kappa shape index (κ2) is 5.43. The minimum atomic E-state index is 1.27. The van der Waals surface area contributed by atoms with E-state index in [0.717, 1.165) is 0 Å². The fraction of sp³-hybridized carbons (Fsp3) is 0.846. The fourth-order valence-electron chi connectivity index (χ4n) is 2.81. The first kappa shape index (κ1) is 10.8. The maximum Gasteiger partial charge on any atom is 0.0995 e. The lowest BCUT2D eigenvalue weighted by Crippen LogP contribution is -2.40. The second-order valence-electron chi connectivity index (χ2n) is 4.74. The molecule has 0 N–H and O–H groups in total. The van der Waals surface area contributed by atoms with Crippen molar-refractivity contribution in [2.24, 2.45) is 0 Å². The van der Waals surface area contributed by atoms with Crippen molar-refractivity contribution in [3.8, 4) is 0 Å². The summed E-state index contributed by atoms with van der Waals surface area (Å²) in [6.07, 6.45) is 10.7. The number of hydrogen-bond acceptors (Lipinski definition) is 2. The maximum absolute atomic E-state index is 2.59. The molecule has 0 amide bonds. The zero-order valence-electron chi connectivity index (χ0n) is 10.0. The number of allylic oxidation sites excluding steroid dienone is 1. The predicted molar refractivity (Wildman–Crippen MR) is 64.6 cm³/mol. The summed E-state index contributed by atoms with van der Waals surface area (Å²) in [7, 11) is 0. The molecule has 2 heteroatoms.